The van der Waals surface area contributed by atoms with E-state index in [2.05, 4.69) is 45.0 Å². The number of carbonyl (C=O) groups is 1. The van der Waals surface area contributed by atoms with Crippen LogP contribution in [0.2, 0.25) is 0 Å². The zero-order valence-electron chi connectivity index (χ0n) is 16.9. The van der Waals surface area contributed by atoms with Gasteiger partial charge in [-0.25, -0.2) is 0 Å². The first kappa shape index (κ1) is 20.0. The lowest BCUT2D eigenvalue weighted by Crippen LogP contribution is -2.58. The van der Waals surface area contributed by atoms with E-state index in [1.54, 1.807) is 6.21 Å². The van der Waals surface area contributed by atoms with Gasteiger partial charge in [-0.1, -0.05) is 51.4 Å². The topological polar surface area (TPSA) is 84.9 Å². The third-order valence-corrected chi connectivity index (χ3v) is 6.62. The fraction of sp³-hybridized carbons (Fsp3) is 0.636. The number of Topliss-reactive ketones (excluding diaryl/α,β-unsaturated/α-hetero) is 1. The van der Waals surface area contributed by atoms with Crippen LogP contribution < -0.4 is 5.73 Å². The Morgan fingerprint density at radius 1 is 1.37 bits per heavy atom. The highest BCUT2D eigenvalue weighted by molar-refractivity contribution is 6.03. The molecular formula is C22H32N2O3. The molecule has 0 saturated heterocycles. The van der Waals surface area contributed by atoms with E-state index >= 15 is 0 Å². The van der Waals surface area contributed by atoms with Gasteiger partial charge in [-0.3, -0.25) is 4.79 Å². The van der Waals surface area contributed by atoms with Crippen molar-refractivity contribution >= 4 is 12.0 Å². The first-order valence-electron chi connectivity index (χ1n) is 9.98. The van der Waals surface area contributed by atoms with Crippen LogP contribution >= 0.6 is 0 Å². The molecule has 5 nitrogen and oxygen atoms in total. The Balaban J connectivity index is 2.06. The summed E-state index contributed by atoms with van der Waals surface area (Å²) in [7, 11) is 0. The van der Waals surface area contributed by atoms with Gasteiger partial charge in [0.25, 0.3) is 0 Å². The van der Waals surface area contributed by atoms with Crippen LogP contribution in [0.15, 0.2) is 23.4 Å². The number of aliphatic hydroxyl groups excluding tert-OH is 1. The highest BCUT2D eigenvalue weighted by atomic mass is 16.6. The van der Waals surface area contributed by atoms with E-state index in [-0.39, 0.29) is 17.1 Å². The van der Waals surface area contributed by atoms with E-state index in [0.717, 1.165) is 30.4 Å². The zero-order chi connectivity index (χ0) is 19.8. The van der Waals surface area contributed by atoms with E-state index in [1.165, 1.54) is 0 Å². The molecule has 0 aliphatic heterocycles. The zero-order valence-corrected chi connectivity index (χ0v) is 16.9. The summed E-state index contributed by atoms with van der Waals surface area (Å²) in [4.78, 5) is 18.3. The molecule has 0 bridgehead atoms. The minimum atomic E-state index is -1.03. The Morgan fingerprint density at radius 2 is 2.11 bits per heavy atom. The normalized spacial score (nSPS) is 33.2. The van der Waals surface area contributed by atoms with Crippen LogP contribution in [0.1, 0.15) is 74.4 Å². The van der Waals surface area contributed by atoms with Crippen LogP contribution in [0.5, 0.6) is 0 Å². The van der Waals surface area contributed by atoms with Crippen LogP contribution in [-0.2, 0) is 10.3 Å². The molecule has 0 aromatic heterocycles. The average Bonchev–Trinajstić information content (AvgIpc) is 2.63. The minimum absolute atomic E-state index is 0.167. The number of nitrogens with zero attached hydrogens (tertiary/aromatic N) is 1. The van der Waals surface area contributed by atoms with Gasteiger partial charge in [-0.05, 0) is 41.4 Å². The molecule has 148 valence electrons. The lowest BCUT2D eigenvalue weighted by molar-refractivity contribution is -0.0183. The highest BCUT2D eigenvalue weighted by Gasteiger charge is 2.57. The number of hydrogen-bond donors (Lipinski definition) is 2. The molecule has 3 N–H and O–H groups in total. The summed E-state index contributed by atoms with van der Waals surface area (Å²) < 4.78 is 0. The molecule has 3 rings (SSSR count). The summed E-state index contributed by atoms with van der Waals surface area (Å²) in [5, 5.41) is 15.2. The monoisotopic (exact) mass is 372 g/mol. The van der Waals surface area contributed by atoms with Gasteiger partial charge in [0.05, 0.1) is 6.21 Å². The maximum absolute atomic E-state index is 13.1. The number of hydrogen-bond acceptors (Lipinski definition) is 5. The third-order valence-electron chi connectivity index (χ3n) is 6.62. The number of oxime groups is 1. The molecule has 2 aliphatic carbocycles. The molecule has 0 unspecified atom stereocenters. The second-order valence-electron chi connectivity index (χ2n) is 8.88. The van der Waals surface area contributed by atoms with Gasteiger partial charge in [0.1, 0.15) is 12.7 Å². The molecular weight excluding hydrogens is 340 g/mol. The number of carbonyl (C=O) groups excluding carboxylic acids is 1. The van der Waals surface area contributed by atoms with E-state index in [0.29, 0.717) is 24.6 Å². The first-order valence-corrected chi connectivity index (χ1v) is 9.98. The molecule has 5 heteroatoms. The fourth-order valence-corrected chi connectivity index (χ4v) is 5.23. The maximum atomic E-state index is 13.1. The summed E-state index contributed by atoms with van der Waals surface area (Å²) in [6, 6.07) is 6.22. The summed E-state index contributed by atoms with van der Waals surface area (Å²) in [5.74, 6) is -0.0533. The summed E-state index contributed by atoms with van der Waals surface area (Å²) >= 11 is 0. The van der Waals surface area contributed by atoms with Gasteiger partial charge < -0.3 is 15.7 Å². The van der Waals surface area contributed by atoms with Crippen LogP contribution in [0, 0.1) is 11.3 Å². The summed E-state index contributed by atoms with van der Waals surface area (Å²) in [5.41, 5.74) is 7.65. The standard InChI is InChI=1S/C22H32N2O3/c1-14(2)15-6-7-17-16(12-15)18(25)19(26)20-21(3,13-24-27-11-10-23)8-5-9-22(17,20)4/h6-7,12-14,19-20,26H,5,8-11,23H2,1-4H3/b24-13+/t19-,20-,21-,22+/m0/s1. The maximum Gasteiger partial charge on any atom is 0.191 e. The smallest absolute Gasteiger partial charge is 0.191 e. The largest absolute Gasteiger partial charge is 0.395 e. The van der Waals surface area contributed by atoms with Crippen molar-refractivity contribution in [2.45, 2.75) is 64.4 Å². The number of ketones is 1. The molecule has 0 radical (unpaired) electrons. The fourth-order valence-electron chi connectivity index (χ4n) is 5.23. The molecule has 0 spiro atoms. The molecule has 1 saturated carbocycles. The number of aliphatic hydroxyl groups is 1. The van der Waals surface area contributed by atoms with Crippen molar-refractivity contribution < 1.29 is 14.7 Å². The predicted molar refractivity (Wildman–Crippen MR) is 107 cm³/mol. The second-order valence-corrected chi connectivity index (χ2v) is 8.88. The van der Waals surface area contributed by atoms with Crippen molar-refractivity contribution in [3.05, 3.63) is 34.9 Å². The molecule has 27 heavy (non-hydrogen) atoms. The molecule has 1 aromatic carbocycles. The Bertz CT molecular complexity index is 745. The van der Waals surface area contributed by atoms with E-state index in [9.17, 15) is 9.90 Å². The van der Waals surface area contributed by atoms with Crippen molar-refractivity contribution in [1.82, 2.24) is 0 Å². The minimum Gasteiger partial charge on any atom is -0.395 e. The van der Waals surface area contributed by atoms with Gasteiger partial charge in [0, 0.05) is 23.4 Å². The number of nitrogens with two attached hydrogens (primary N) is 1. The Labute approximate surface area is 162 Å². The number of benzene rings is 1. The lowest BCUT2D eigenvalue weighted by Gasteiger charge is -2.55. The van der Waals surface area contributed by atoms with Gasteiger partial charge in [-0.2, -0.15) is 0 Å². The second kappa shape index (κ2) is 7.36. The highest BCUT2D eigenvalue weighted by Crippen LogP contribution is 2.56. The van der Waals surface area contributed by atoms with E-state index < -0.39 is 11.5 Å². The van der Waals surface area contributed by atoms with Crippen LogP contribution in [-0.4, -0.2) is 36.4 Å². The van der Waals surface area contributed by atoms with Crippen molar-refractivity contribution in [3.63, 3.8) is 0 Å². The van der Waals surface area contributed by atoms with Crippen molar-refractivity contribution in [3.8, 4) is 0 Å². The third kappa shape index (κ3) is 3.32. The van der Waals surface area contributed by atoms with E-state index in [1.807, 2.05) is 6.07 Å². The van der Waals surface area contributed by atoms with Gasteiger partial charge in [0.2, 0.25) is 0 Å². The molecule has 1 fully saturated rings. The van der Waals surface area contributed by atoms with E-state index in [4.69, 9.17) is 10.6 Å². The predicted octanol–water partition coefficient (Wildman–Crippen LogP) is 3.39. The quantitative estimate of drug-likeness (QED) is 0.471. The van der Waals surface area contributed by atoms with Crippen LogP contribution in [0.4, 0.5) is 0 Å². The molecule has 4 atom stereocenters. The molecule has 1 aromatic rings. The molecule has 0 amide bonds. The van der Waals surface area contributed by atoms with Crippen molar-refractivity contribution in [1.29, 1.82) is 0 Å². The Kier molecular flexibility index (Phi) is 5.46. The van der Waals surface area contributed by atoms with Gasteiger partial charge >= 0.3 is 0 Å². The molecule has 2 aliphatic rings. The van der Waals surface area contributed by atoms with Gasteiger partial charge in [-0.15, -0.1) is 0 Å². The number of fused-ring (bicyclic) bond motifs is 3. The van der Waals surface area contributed by atoms with Crippen LogP contribution in [0.25, 0.3) is 0 Å². The molecule has 0 heterocycles. The summed E-state index contributed by atoms with van der Waals surface area (Å²) in [6.07, 6.45) is 3.58. The lowest BCUT2D eigenvalue weighted by atomic mass is 9.49. The first-order chi connectivity index (χ1) is 12.7. The van der Waals surface area contributed by atoms with Gasteiger partial charge in [0.15, 0.2) is 5.78 Å². The summed E-state index contributed by atoms with van der Waals surface area (Å²) in [6.45, 7) is 9.26. The van der Waals surface area contributed by atoms with Crippen molar-refractivity contribution in [2.24, 2.45) is 22.2 Å². The average molecular weight is 373 g/mol. The Morgan fingerprint density at radius 3 is 2.78 bits per heavy atom. The Hall–Kier alpha value is -1.72. The number of rotatable bonds is 5. The van der Waals surface area contributed by atoms with Crippen LogP contribution in [0.3, 0.4) is 0 Å². The SMILES string of the molecule is CC(C)c1ccc2c(c1)C(=O)[C@H](O)[C@H]1[C@](C)(/C=N/OCCN)CCC[C@]21C. The van der Waals surface area contributed by atoms with Crippen molar-refractivity contribution in [2.75, 3.05) is 13.2 Å².